The number of carbonyl (C=O) groups is 1. The van der Waals surface area contributed by atoms with E-state index in [0.717, 1.165) is 28.8 Å². The van der Waals surface area contributed by atoms with Crippen LogP contribution in [0.1, 0.15) is 38.1 Å². The Morgan fingerprint density at radius 3 is 2.61 bits per heavy atom. The van der Waals surface area contributed by atoms with Crippen molar-refractivity contribution in [1.82, 2.24) is 9.97 Å². The number of anilines is 1. The molecule has 0 fully saturated rings. The van der Waals surface area contributed by atoms with E-state index < -0.39 is 0 Å². The molecule has 1 amide bonds. The second-order valence-electron chi connectivity index (χ2n) is 4.30. The molecule has 0 spiro atoms. The topological polar surface area (TPSA) is 80.9 Å². The molecule has 0 aliphatic rings. The number of thioether (sulfide) groups is 1. The molecule has 0 saturated carbocycles. The van der Waals surface area contributed by atoms with Gasteiger partial charge in [-0.2, -0.15) is 0 Å². The summed E-state index contributed by atoms with van der Waals surface area (Å²) in [7, 11) is 0. The third-order valence-electron chi connectivity index (χ3n) is 2.33. The fourth-order valence-electron chi connectivity index (χ4n) is 1.39. The van der Waals surface area contributed by atoms with Gasteiger partial charge in [-0.15, -0.1) is 0 Å². The molecule has 5 nitrogen and oxygen atoms in total. The zero-order valence-corrected chi connectivity index (χ0v) is 12.1. The van der Waals surface area contributed by atoms with Crippen LogP contribution < -0.4 is 11.1 Å². The number of aromatic nitrogens is 2. The number of nitrogens with two attached hydrogens (primary N) is 1. The van der Waals surface area contributed by atoms with Crippen LogP contribution in [0.4, 0.5) is 5.82 Å². The highest BCUT2D eigenvalue weighted by atomic mass is 32.2. The number of nitrogens with zero attached hydrogens (tertiary/aromatic N) is 2. The van der Waals surface area contributed by atoms with Crippen molar-refractivity contribution in [1.29, 1.82) is 0 Å². The maximum absolute atomic E-state index is 10.9. The van der Waals surface area contributed by atoms with Crippen LogP contribution in [0.5, 0.6) is 0 Å². The molecule has 100 valence electrons. The zero-order chi connectivity index (χ0) is 13.7. The fourth-order valence-corrected chi connectivity index (χ4v) is 2.14. The predicted molar refractivity (Wildman–Crippen MR) is 74.9 cm³/mol. The van der Waals surface area contributed by atoms with Gasteiger partial charge >= 0.3 is 0 Å². The molecule has 0 bridgehead atoms. The summed E-state index contributed by atoms with van der Waals surface area (Å²) in [6.07, 6.45) is 0. The van der Waals surface area contributed by atoms with E-state index in [-0.39, 0.29) is 17.6 Å². The summed E-state index contributed by atoms with van der Waals surface area (Å²) in [6.45, 7) is 8.86. The summed E-state index contributed by atoms with van der Waals surface area (Å²) in [6, 6.07) is 0. The molecule has 0 aliphatic carbocycles. The molecule has 3 N–H and O–H groups in total. The molecular weight excluding hydrogens is 248 g/mol. The first-order valence-corrected chi connectivity index (χ1v) is 6.97. The summed E-state index contributed by atoms with van der Waals surface area (Å²) in [5.74, 6) is 1.76. The summed E-state index contributed by atoms with van der Waals surface area (Å²) < 4.78 is 0. The third kappa shape index (κ3) is 3.87. The Kier molecular flexibility index (Phi) is 5.40. The first-order chi connectivity index (χ1) is 8.45. The van der Waals surface area contributed by atoms with Crippen LogP contribution in [0.2, 0.25) is 0 Å². The van der Waals surface area contributed by atoms with Gasteiger partial charge in [-0.25, -0.2) is 9.97 Å². The van der Waals surface area contributed by atoms with Crippen molar-refractivity contribution in [2.45, 2.75) is 38.6 Å². The van der Waals surface area contributed by atoms with E-state index in [1.54, 1.807) is 0 Å². The minimum Gasteiger partial charge on any atom is -0.370 e. The van der Waals surface area contributed by atoms with Crippen molar-refractivity contribution in [3.8, 4) is 0 Å². The van der Waals surface area contributed by atoms with Crippen LogP contribution in [-0.2, 0) is 4.79 Å². The standard InChI is InChI=1S/C12H20N4OS/c1-5-14-11-8(4)12(18-6-9(13)17)16-10(15-11)7(2)3/h7H,5-6H2,1-4H3,(H2,13,17)(H,14,15,16). The Balaban J connectivity index is 3.09. The van der Waals surface area contributed by atoms with E-state index in [1.807, 2.05) is 27.7 Å². The Hall–Kier alpha value is -1.30. The van der Waals surface area contributed by atoms with Crippen molar-refractivity contribution in [3.05, 3.63) is 11.4 Å². The fraction of sp³-hybridized carbons (Fsp3) is 0.583. The Labute approximate surface area is 112 Å². The number of rotatable bonds is 6. The molecule has 0 saturated heterocycles. The molecule has 0 aromatic carbocycles. The van der Waals surface area contributed by atoms with E-state index in [2.05, 4.69) is 15.3 Å². The molecule has 0 aliphatic heterocycles. The van der Waals surface area contributed by atoms with E-state index in [9.17, 15) is 4.79 Å². The Bertz CT molecular complexity index is 434. The second kappa shape index (κ2) is 6.58. The van der Waals surface area contributed by atoms with Gasteiger partial charge in [0.05, 0.1) is 5.75 Å². The molecular formula is C12H20N4OS. The quantitative estimate of drug-likeness (QED) is 0.608. The van der Waals surface area contributed by atoms with E-state index in [4.69, 9.17) is 5.73 Å². The van der Waals surface area contributed by atoms with E-state index in [0.29, 0.717) is 0 Å². The number of hydrogen-bond acceptors (Lipinski definition) is 5. The van der Waals surface area contributed by atoms with Gasteiger partial charge < -0.3 is 11.1 Å². The van der Waals surface area contributed by atoms with Crippen LogP contribution in [0, 0.1) is 6.92 Å². The summed E-state index contributed by atoms with van der Waals surface area (Å²) in [4.78, 5) is 19.8. The number of hydrogen-bond donors (Lipinski definition) is 2. The van der Waals surface area contributed by atoms with E-state index in [1.165, 1.54) is 11.8 Å². The summed E-state index contributed by atoms with van der Waals surface area (Å²) in [5, 5.41) is 4.04. The number of carbonyl (C=O) groups excluding carboxylic acids is 1. The highest BCUT2D eigenvalue weighted by molar-refractivity contribution is 7.99. The highest BCUT2D eigenvalue weighted by Gasteiger charge is 2.13. The maximum atomic E-state index is 10.9. The molecule has 1 aromatic heterocycles. The van der Waals surface area contributed by atoms with Crippen LogP contribution in [0.15, 0.2) is 5.03 Å². The van der Waals surface area contributed by atoms with Gasteiger partial charge in [-0.1, -0.05) is 25.6 Å². The molecule has 6 heteroatoms. The highest BCUT2D eigenvalue weighted by Crippen LogP contribution is 2.26. The predicted octanol–water partition coefficient (Wildman–Crippen LogP) is 1.92. The smallest absolute Gasteiger partial charge is 0.227 e. The van der Waals surface area contributed by atoms with Gasteiger partial charge in [0.15, 0.2) is 0 Å². The average Bonchev–Trinajstić information content (AvgIpc) is 2.29. The molecule has 18 heavy (non-hydrogen) atoms. The van der Waals surface area contributed by atoms with Crippen molar-refractivity contribution in [3.63, 3.8) is 0 Å². The lowest BCUT2D eigenvalue weighted by molar-refractivity contribution is -0.115. The van der Waals surface area contributed by atoms with Crippen LogP contribution in [0.25, 0.3) is 0 Å². The molecule has 1 aromatic rings. The number of nitrogens with one attached hydrogen (secondary N) is 1. The second-order valence-corrected chi connectivity index (χ2v) is 5.26. The first kappa shape index (κ1) is 14.8. The molecule has 0 radical (unpaired) electrons. The van der Waals surface area contributed by atoms with E-state index >= 15 is 0 Å². The van der Waals surface area contributed by atoms with Crippen molar-refractivity contribution in [2.24, 2.45) is 5.73 Å². The lowest BCUT2D eigenvalue weighted by atomic mass is 10.2. The van der Waals surface area contributed by atoms with Gasteiger partial charge in [-0.05, 0) is 13.8 Å². The number of primary amides is 1. The largest absolute Gasteiger partial charge is 0.370 e. The van der Waals surface area contributed by atoms with Crippen LogP contribution in [-0.4, -0.2) is 28.2 Å². The van der Waals surface area contributed by atoms with Gasteiger partial charge in [0.1, 0.15) is 16.7 Å². The summed E-state index contributed by atoms with van der Waals surface area (Å²) in [5.41, 5.74) is 6.13. The maximum Gasteiger partial charge on any atom is 0.227 e. The lowest BCUT2D eigenvalue weighted by Crippen LogP contribution is -2.14. The first-order valence-electron chi connectivity index (χ1n) is 5.99. The average molecular weight is 268 g/mol. The monoisotopic (exact) mass is 268 g/mol. The van der Waals surface area contributed by atoms with Crippen molar-refractivity contribution < 1.29 is 4.79 Å². The van der Waals surface area contributed by atoms with Gasteiger partial charge in [-0.3, -0.25) is 4.79 Å². The third-order valence-corrected chi connectivity index (χ3v) is 3.43. The Morgan fingerprint density at radius 2 is 2.11 bits per heavy atom. The summed E-state index contributed by atoms with van der Waals surface area (Å²) >= 11 is 1.36. The van der Waals surface area contributed by atoms with Crippen molar-refractivity contribution in [2.75, 3.05) is 17.6 Å². The van der Waals surface area contributed by atoms with Crippen LogP contribution >= 0.6 is 11.8 Å². The minimum absolute atomic E-state index is 0.237. The van der Waals surface area contributed by atoms with Crippen LogP contribution in [0.3, 0.4) is 0 Å². The van der Waals surface area contributed by atoms with Gasteiger partial charge in [0.25, 0.3) is 0 Å². The minimum atomic E-state index is -0.339. The van der Waals surface area contributed by atoms with Gasteiger partial charge in [0.2, 0.25) is 5.91 Å². The SMILES string of the molecule is CCNc1nc(C(C)C)nc(SCC(N)=O)c1C. The zero-order valence-electron chi connectivity index (χ0n) is 11.3. The molecule has 1 rings (SSSR count). The molecule has 0 unspecified atom stereocenters. The Morgan fingerprint density at radius 1 is 1.44 bits per heavy atom. The van der Waals surface area contributed by atoms with Crippen molar-refractivity contribution >= 4 is 23.5 Å². The molecule has 0 atom stereocenters. The molecule has 1 heterocycles. The van der Waals surface area contributed by atoms with Gasteiger partial charge in [0, 0.05) is 18.0 Å². The lowest BCUT2D eigenvalue weighted by Gasteiger charge is -2.14. The number of amides is 1. The normalized spacial score (nSPS) is 10.7.